The highest BCUT2D eigenvalue weighted by molar-refractivity contribution is 5.90. The Morgan fingerprint density at radius 3 is 2.51 bits per heavy atom. The average Bonchev–Trinajstić information content (AvgIpc) is 3.69. The van der Waals surface area contributed by atoms with E-state index >= 15 is 0 Å². The van der Waals surface area contributed by atoms with Crippen LogP contribution in [0.5, 0.6) is 5.75 Å². The fraction of sp³-hybridized carbons (Fsp3) is 0.389. The number of esters is 1. The van der Waals surface area contributed by atoms with Gasteiger partial charge in [-0.05, 0) is 92.3 Å². The molecule has 2 aromatic heterocycles. The predicted molar refractivity (Wildman–Crippen MR) is 171 cm³/mol. The second-order valence-corrected chi connectivity index (χ2v) is 11.7. The zero-order valence-corrected chi connectivity index (χ0v) is 26.2. The summed E-state index contributed by atoms with van der Waals surface area (Å²) in [7, 11) is 0. The van der Waals surface area contributed by atoms with Gasteiger partial charge in [0.15, 0.2) is 5.82 Å². The Morgan fingerprint density at radius 2 is 1.78 bits per heavy atom. The number of carbonyl (C=O) groups excluding carboxylic acids is 1. The molecule has 1 N–H and O–H groups in total. The van der Waals surface area contributed by atoms with Crippen LogP contribution in [0.3, 0.4) is 0 Å². The van der Waals surface area contributed by atoms with Crippen LogP contribution in [0.15, 0.2) is 60.8 Å². The van der Waals surface area contributed by atoms with E-state index in [0.717, 1.165) is 60.4 Å². The third-order valence-corrected chi connectivity index (χ3v) is 9.10. The molecule has 2 aliphatic rings. The third kappa shape index (κ3) is 6.03. The van der Waals surface area contributed by atoms with Crippen LogP contribution in [0.4, 0.5) is 4.79 Å². The van der Waals surface area contributed by atoms with E-state index in [9.17, 15) is 14.7 Å². The molecule has 0 radical (unpaired) electrons. The number of rotatable bonds is 9. The predicted octanol–water partition coefficient (Wildman–Crippen LogP) is 7.16. The molecule has 6 rings (SSSR count). The lowest BCUT2D eigenvalue weighted by Gasteiger charge is -2.31. The molecule has 0 saturated carbocycles. The summed E-state index contributed by atoms with van der Waals surface area (Å²) < 4.78 is 13.7. The number of benzene rings is 2. The molecular formula is C36H40N4O5. The molecule has 9 heteroatoms. The maximum absolute atomic E-state index is 12.5. The van der Waals surface area contributed by atoms with Crippen molar-refractivity contribution in [1.29, 1.82) is 0 Å². The van der Waals surface area contributed by atoms with Crippen LogP contribution in [0.1, 0.15) is 90.4 Å². The van der Waals surface area contributed by atoms with Crippen LogP contribution in [0.25, 0.3) is 17.1 Å². The zero-order valence-electron chi connectivity index (χ0n) is 26.2. The van der Waals surface area contributed by atoms with Crippen LogP contribution in [0.2, 0.25) is 0 Å². The number of nitrogens with zero attached hydrogens (tertiary/aromatic N) is 4. The highest BCUT2D eigenvalue weighted by atomic mass is 16.5. The van der Waals surface area contributed by atoms with Gasteiger partial charge in [-0.15, -0.1) is 0 Å². The lowest BCUT2D eigenvalue weighted by molar-refractivity contribution is 0.0525. The number of hydrogen-bond donors (Lipinski definition) is 1. The molecule has 0 bridgehead atoms. The van der Waals surface area contributed by atoms with Crippen molar-refractivity contribution in [3.8, 4) is 22.8 Å². The Balaban J connectivity index is 1.26. The van der Waals surface area contributed by atoms with Crippen molar-refractivity contribution in [2.24, 2.45) is 0 Å². The fourth-order valence-electron chi connectivity index (χ4n) is 6.87. The first kappa shape index (κ1) is 30.4. The Hall–Kier alpha value is -4.66. The molecule has 9 nitrogen and oxygen atoms in total. The van der Waals surface area contributed by atoms with Crippen LogP contribution in [-0.2, 0) is 24.0 Å². The molecule has 4 aromatic rings. The Bertz CT molecular complexity index is 1710. The van der Waals surface area contributed by atoms with Crippen LogP contribution in [-0.4, -0.2) is 56.5 Å². The highest BCUT2D eigenvalue weighted by Crippen LogP contribution is 2.42. The van der Waals surface area contributed by atoms with Gasteiger partial charge in [0, 0.05) is 24.2 Å². The quantitative estimate of drug-likeness (QED) is 0.201. The van der Waals surface area contributed by atoms with Gasteiger partial charge in [0.1, 0.15) is 17.4 Å². The first-order valence-corrected chi connectivity index (χ1v) is 16.0. The zero-order chi connectivity index (χ0) is 31.5. The SMILES string of the molecule is CCOC(=O)c1cnn(-c2cccc(-c3cccc4c3C(Oc3ccc(C5CCN(C(=O)O)CC5)c(CC)c3)CC4)n2)c1CC. The normalized spacial score (nSPS) is 16.4. The van der Waals surface area contributed by atoms with Crippen molar-refractivity contribution in [1.82, 2.24) is 19.7 Å². The van der Waals surface area contributed by atoms with Gasteiger partial charge in [0.25, 0.3) is 0 Å². The molecular weight excluding hydrogens is 568 g/mol. The molecule has 1 fully saturated rings. The Labute approximate surface area is 263 Å². The standard InChI is InChI=1S/C36H40N4O5/c1-4-23-21-26(14-15-27(23)24-17-19-39(20-18-24)36(42)43)45-32-16-13-25-9-7-10-28(34(25)32)30-11-8-12-33(38-30)40-31(5-2)29(22-37-40)35(41)44-6-3/h7-12,14-15,21-22,24,32H,4-6,13,16-20H2,1-3H3,(H,42,43). The largest absolute Gasteiger partial charge is 0.486 e. The number of pyridine rings is 1. The van der Waals surface area contributed by atoms with Gasteiger partial charge in [0.2, 0.25) is 0 Å². The first-order valence-electron chi connectivity index (χ1n) is 16.0. The van der Waals surface area contributed by atoms with Crippen LogP contribution >= 0.6 is 0 Å². The second-order valence-electron chi connectivity index (χ2n) is 11.7. The number of carbonyl (C=O) groups is 2. The Morgan fingerprint density at radius 1 is 0.978 bits per heavy atom. The summed E-state index contributed by atoms with van der Waals surface area (Å²) in [5.74, 6) is 1.48. The molecule has 3 heterocycles. The van der Waals surface area contributed by atoms with Gasteiger partial charge in [-0.1, -0.05) is 44.2 Å². The minimum Gasteiger partial charge on any atom is -0.486 e. The van der Waals surface area contributed by atoms with E-state index in [2.05, 4.69) is 48.4 Å². The summed E-state index contributed by atoms with van der Waals surface area (Å²) in [6.07, 6.45) is 5.60. The Kier molecular flexibility index (Phi) is 8.87. The van der Waals surface area contributed by atoms with Crippen molar-refractivity contribution in [2.75, 3.05) is 19.7 Å². The lowest BCUT2D eigenvalue weighted by Crippen LogP contribution is -2.36. The summed E-state index contributed by atoms with van der Waals surface area (Å²) in [5.41, 5.74) is 8.07. The molecule has 1 saturated heterocycles. The maximum atomic E-state index is 12.5. The van der Waals surface area contributed by atoms with E-state index in [1.807, 2.05) is 25.1 Å². The second kappa shape index (κ2) is 13.1. The van der Waals surface area contributed by atoms with Crippen molar-refractivity contribution in [3.05, 3.63) is 94.3 Å². The third-order valence-electron chi connectivity index (χ3n) is 9.10. The average molecular weight is 609 g/mol. The summed E-state index contributed by atoms with van der Waals surface area (Å²) in [5, 5.41) is 13.8. The molecule has 234 valence electrons. The molecule has 0 spiro atoms. The highest BCUT2D eigenvalue weighted by Gasteiger charge is 2.29. The van der Waals surface area contributed by atoms with E-state index in [-0.39, 0.29) is 12.1 Å². The van der Waals surface area contributed by atoms with Crippen LogP contribution < -0.4 is 4.74 Å². The number of aryl methyl sites for hydroxylation is 2. The molecule has 2 aromatic carbocycles. The van der Waals surface area contributed by atoms with Crippen molar-refractivity contribution < 1.29 is 24.2 Å². The van der Waals surface area contributed by atoms with Gasteiger partial charge < -0.3 is 19.5 Å². The van der Waals surface area contributed by atoms with Crippen molar-refractivity contribution in [3.63, 3.8) is 0 Å². The molecule has 1 aliphatic carbocycles. The summed E-state index contributed by atoms with van der Waals surface area (Å²) in [6.45, 7) is 7.40. The van der Waals surface area contributed by atoms with Crippen molar-refractivity contribution in [2.45, 2.75) is 71.3 Å². The summed E-state index contributed by atoms with van der Waals surface area (Å²) in [6, 6.07) is 18.7. The number of aromatic nitrogens is 3. The van der Waals surface area contributed by atoms with E-state index < -0.39 is 6.09 Å². The molecule has 1 atom stereocenters. The number of ether oxygens (including phenoxy) is 2. The topological polar surface area (TPSA) is 107 Å². The lowest BCUT2D eigenvalue weighted by atomic mass is 9.86. The molecule has 45 heavy (non-hydrogen) atoms. The minimum atomic E-state index is -0.832. The number of fused-ring (bicyclic) bond motifs is 1. The van der Waals surface area contributed by atoms with E-state index in [0.29, 0.717) is 43.4 Å². The maximum Gasteiger partial charge on any atom is 0.407 e. The van der Waals surface area contributed by atoms with Gasteiger partial charge >= 0.3 is 12.1 Å². The van der Waals surface area contributed by atoms with E-state index in [1.54, 1.807) is 17.8 Å². The minimum absolute atomic E-state index is 0.109. The number of amides is 1. The number of piperidine rings is 1. The summed E-state index contributed by atoms with van der Waals surface area (Å²) in [4.78, 5) is 30.4. The number of carboxylic acid groups (broad SMARTS) is 1. The first-order chi connectivity index (χ1) is 21.9. The number of likely N-dealkylation sites (tertiary alicyclic amines) is 1. The molecule has 1 aliphatic heterocycles. The monoisotopic (exact) mass is 608 g/mol. The summed E-state index contributed by atoms with van der Waals surface area (Å²) >= 11 is 0. The van der Waals surface area contributed by atoms with Gasteiger partial charge in [-0.25, -0.2) is 19.3 Å². The van der Waals surface area contributed by atoms with Gasteiger partial charge in [-0.2, -0.15) is 5.10 Å². The van der Waals surface area contributed by atoms with Crippen LogP contribution in [0, 0.1) is 0 Å². The van der Waals surface area contributed by atoms with E-state index in [1.165, 1.54) is 21.6 Å². The van der Waals surface area contributed by atoms with Gasteiger partial charge in [-0.3, -0.25) is 0 Å². The smallest absolute Gasteiger partial charge is 0.407 e. The molecule has 1 unspecified atom stereocenters. The fourth-order valence-corrected chi connectivity index (χ4v) is 6.87. The van der Waals surface area contributed by atoms with Crippen molar-refractivity contribution >= 4 is 12.1 Å². The van der Waals surface area contributed by atoms with Gasteiger partial charge in [0.05, 0.1) is 24.2 Å². The van der Waals surface area contributed by atoms with E-state index in [4.69, 9.17) is 14.5 Å². The number of hydrogen-bond acceptors (Lipinski definition) is 6. The molecule has 1 amide bonds.